The van der Waals surface area contributed by atoms with Gasteiger partial charge in [-0.15, -0.1) is 0 Å². The molecule has 0 bridgehead atoms. The van der Waals surface area contributed by atoms with Gasteiger partial charge in [-0.05, 0) is 77.0 Å². The Morgan fingerprint density at radius 1 is 1.11 bits per heavy atom. The van der Waals surface area contributed by atoms with Gasteiger partial charge >= 0.3 is 0 Å². The molecule has 0 radical (unpaired) electrons. The lowest BCUT2D eigenvalue weighted by Crippen LogP contribution is -2.36. The minimum atomic E-state index is -0.693. The lowest BCUT2D eigenvalue weighted by Gasteiger charge is -2.30. The van der Waals surface area contributed by atoms with E-state index < -0.39 is 6.17 Å². The van der Waals surface area contributed by atoms with E-state index in [-0.39, 0.29) is 0 Å². The molecule has 2 aromatic heterocycles. The van der Waals surface area contributed by atoms with Crippen molar-refractivity contribution in [1.82, 2.24) is 14.8 Å². The molecule has 8 heteroatoms. The lowest BCUT2D eigenvalue weighted by atomic mass is 10.0. The highest BCUT2D eigenvalue weighted by atomic mass is 19.1. The van der Waals surface area contributed by atoms with Gasteiger partial charge in [0.05, 0.1) is 19.2 Å². The third kappa shape index (κ3) is 5.76. The molecule has 3 aromatic rings. The number of likely N-dealkylation sites (tertiary alicyclic amines) is 2. The molecule has 0 amide bonds. The Kier molecular flexibility index (Phi) is 7.62. The first kappa shape index (κ1) is 24.8. The van der Waals surface area contributed by atoms with Crippen LogP contribution in [0.5, 0.6) is 11.5 Å². The molecule has 2 aliphatic heterocycles. The summed E-state index contributed by atoms with van der Waals surface area (Å²) in [4.78, 5) is 9.46. The summed E-state index contributed by atoms with van der Waals surface area (Å²) in [6, 6.07) is 10.4. The second-order valence-corrected chi connectivity index (χ2v) is 10.1. The summed E-state index contributed by atoms with van der Waals surface area (Å²) >= 11 is 0. The molecule has 1 aromatic carbocycles. The molecule has 36 heavy (non-hydrogen) atoms. The number of hydrogen-bond donors (Lipinski definition) is 1. The van der Waals surface area contributed by atoms with Crippen molar-refractivity contribution in [2.24, 2.45) is 0 Å². The molecule has 7 nitrogen and oxygen atoms in total. The van der Waals surface area contributed by atoms with Crippen LogP contribution in [0.25, 0.3) is 22.4 Å². The zero-order valence-corrected chi connectivity index (χ0v) is 21.6. The number of pyridine rings is 1. The highest BCUT2D eigenvalue weighted by molar-refractivity contribution is 5.95. The average molecular weight is 497 g/mol. The number of aromatic nitrogens is 1. The Balaban J connectivity index is 1.40. The Hall–Kier alpha value is -2.84. The first-order valence-corrected chi connectivity index (χ1v) is 13.0. The lowest BCUT2D eigenvalue weighted by molar-refractivity contribution is 0.243. The van der Waals surface area contributed by atoms with Gasteiger partial charge in [0.25, 0.3) is 0 Å². The van der Waals surface area contributed by atoms with Gasteiger partial charge in [-0.1, -0.05) is 0 Å². The number of hydrogen-bond acceptors (Lipinski definition) is 7. The third-order valence-corrected chi connectivity index (χ3v) is 7.26. The standard InChI is InChI=1S/C28H37FN4O3/c1-19-5-6-26(36-19)25-16-23(30-21-8-11-32(2)12-9-21)22-15-27(34-3)28(17-24(22)31-25)35-14-4-10-33-13-7-20(29)18-33/h5-6,15-17,20-21H,4,7-14,18H2,1-3H3,(H,30,31). The number of halogens is 1. The van der Waals surface area contributed by atoms with E-state index in [2.05, 4.69) is 28.2 Å². The SMILES string of the molecule is COc1cc2c(NC3CCN(C)CC3)cc(-c3ccc(C)o3)nc2cc1OCCCN1CCC(F)C1. The van der Waals surface area contributed by atoms with Gasteiger partial charge in [-0.3, -0.25) is 0 Å². The predicted octanol–water partition coefficient (Wildman–Crippen LogP) is 5.13. The second kappa shape index (κ2) is 11.0. The van der Waals surface area contributed by atoms with E-state index in [4.69, 9.17) is 18.9 Å². The van der Waals surface area contributed by atoms with Crippen LogP contribution in [-0.2, 0) is 0 Å². The average Bonchev–Trinajstić information content (AvgIpc) is 3.50. The number of ether oxygens (including phenoxy) is 2. The van der Waals surface area contributed by atoms with Gasteiger partial charge in [0.1, 0.15) is 17.6 Å². The van der Waals surface area contributed by atoms with E-state index in [1.807, 2.05) is 31.2 Å². The van der Waals surface area contributed by atoms with E-state index >= 15 is 0 Å². The molecule has 1 unspecified atom stereocenters. The van der Waals surface area contributed by atoms with Gasteiger partial charge in [0.2, 0.25) is 0 Å². The van der Waals surface area contributed by atoms with Gasteiger partial charge in [-0.2, -0.15) is 0 Å². The summed E-state index contributed by atoms with van der Waals surface area (Å²) in [5.74, 6) is 2.95. The fraction of sp³-hybridized carbons (Fsp3) is 0.536. The molecule has 4 heterocycles. The molecular weight excluding hydrogens is 459 g/mol. The molecule has 2 saturated heterocycles. The van der Waals surface area contributed by atoms with Crippen molar-refractivity contribution in [2.45, 2.75) is 44.8 Å². The van der Waals surface area contributed by atoms with Crippen LogP contribution >= 0.6 is 0 Å². The number of benzene rings is 1. The van der Waals surface area contributed by atoms with E-state index in [1.54, 1.807) is 7.11 Å². The van der Waals surface area contributed by atoms with E-state index in [0.29, 0.717) is 37.1 Å². The summed E-state index contributed by atoms with van der Waals surface area (Å²) in [7, 11) is 3.84. The zero-order valence-electron chi connectivity index (χ0n) is 21.6. The number of furan rings is 1. The first-order chi connectivity index (χ1) is 17.5. The maximum atomic E-state index is 13.4. The monoisotopic (exact) mass is 496 g/mol. The van der Waals surface area contributed by atoms with Crippen molar-refractivity contribution in [3.63, 3.8) is 0 Å². The van der Waals surface area contributed by atoms with Crippen molar-refractivity contribution in [2.75, 3.05) is 58.8 Å². The fourth-order valence-electron chi connectivity index (χ4n) is 5.16. The zero-order chi connectivity index (χ0) is 25.1. The molecule has 0 saturated carbocycles. The number of methoxy groups -OCH3 is 1. The van der Waals surface area contributed by atoms with Crippen LogP contribution in [0, 0.1) is 6.92 Å². The highest BCUT2D eigenvalue weighted by Gasteiger charge is 2.22. The van der Waals surface area contributed by atoms with Crippen LogP contribution < -0.4 is 14.8 Å². The number of anilines is 1. The number of rotatable bonds is 9. The summed E-state index contributed by atoms with van der Waals surface area (Å²) in [5.41, 5.74) is 2.64. The van der Waals surface area contributed by atoms with Crippen LogP contribution in [-0.4, -0.2) is 80.5 Å². The smallest absolute Gasteiger partial charge is 0.163 e. The molecule has 0 spiro atoms. The van der Waals surface area contributed by atoms with Crippen molar-refractivity contribution < 1.29 is 18.3 Å². The summed E-state index contributed by atoms with van der Waals surface area (Å²) < 4.78 is 31.2. The normalized spacial score (nSPS) is 19.7. The summed E-state index contributed by atoms with van der Waals surface area (Å²) in [6.45, 7) is 6.83. The number of piperidine rings is 1. The highest BCUT2D eigenvalue weighted by Crippen LogP contribution is 2.38. The first-order valence-electron chi connectivity index (χ1n) is 13.0. The Morgan fingerprint density at radius 3 is 2.64 bits per heavy atom. The number of nitrogens with one attached hydrogen (secondary N) is 1. The Morgan fingerprint density at radius 2 is 1.94 bits per heavy atom. The van der Waals surface area contributed by atoms with E-state index in [1.165, 1.54) is 0 Å². The van der Waals surface area contributed by atoms with Crippen LogP contribution in [0.15, 0.2) is 34.7 Å². The Bertz CT molecular complexity index is 1180. The second-order valence-electron chi connectivity index (χ2n) is 10.1. The summed E-state index contributed by atoms with van der Waals surface area (Å²) in [5, 5.41) is 4.77. The van der Waals surface area contributed by atoms with Crippen molar-refractivity contribution in [3.05, 3.63) is 36.1 Å². The molecule has 2 aliphatic rings. The van der Waals surface area contributed by atoms with Gasteiger partial charge < -0.3 is 29.0 Å². The minimum absolute atomic E-state index is 0.398. The van der Waals surface area contributed by atoms with Crippen LogP contribution in [0.3, 0.4) is 0 Å². The molecule has 5 rings (SSSR count). The maximum Gasteiger partial charge on any atom is 0.163 e. The van der Waals surface area contributed by atoms with Crippen LogP contribution in [0.4, 0.5) is 10.1 Å². The van der Waals surface area contributed by atoms with Gasteiger partial charge in [-0.25, -0.2) is 9.37 Å². The van der Waals surface area contributed by atoms with Crippen molar-refractivity contribution in [1.29, 1.82) is 0 Å². The van der Waals surface area contributed by atoms with E-state index in [0.717, 1.165) is 79.2 Å². The molecule has 1 atom stereocenters. The quantitative estimate of drug-likeness (QED) is 0.412. The topological polar surface area (TPSA) is 63.0 Å². The van der Waals surface area contributed by atoms with Gasteiger partial charge in [0, 0.05) is 42.8 Å². The van der Waals surface area contributed by atoms with E-state index in [9.17, 15) is 4.39 Å². The number of aryl methyl sites for hydroxylation is 1. The Labute approximate surface area is 212 Å². The largest absolute Gasteiger partial charge is 0.493 e. The minimum Gasteiger partial charge on any atom is -0.493 e. The molecule has 1 N–H and O–H groups in total. The van der Waals surface area contributed by atoms with Crippen molar-refractivity contribution >= 4 is 16.6 Å². The van der Waals surface area contributed by atoms with Crippen molar-refractivity contribution in [3.8, 4) is 23.0 Å². The van der Waals surface area contributed by atoms with Crippen LogP contribution in [0.2, 0.25) is 0 Å². The number of nitrogens with zero attached hydrogens (tertiary/aromatic N) is 3. The third-order valence-electron chi connectivity index (χ3n) is 7.26. The predicted molar refractivity (Wildman–Crippen MR) is 141 cm³/mol. The molecular formula is C28H37FN4O3. The fourth-order valence-corrected chi connectivity index (χ4v) is 5.16. The molecule has 194 valence electrons. The summed E-state index contributed by atoms with van der Waals surface area (Å²) in [6.07, 6.45) is 2.95. The molecule has 0 aliphatic carbocycles. The number of alkyl halides is 1. The number of fused-ring (bicyclic) bond motifs is 1. The molecule has 2 fully saturated rings. The van der Waals surface area contributed by atoms with Crippen LogP contribution in [0.1, 0.15) is 31.4 Å². The maximum absolute atomic E-state index is 13.4. The van der Waals surface area contributed by atoms with Gasteiger partial charge in [0.15, 0.2) is 17.3 Å².